The third kappa shape index (κ3) is 2.72. The number of nitrogens with two attached hydrogens (primary N) is 1. The van der Waals surface area contributed by atoms with Crippen LogP contribution >= 0.6 is 11.3 Å². The van der Waals surface area contributed by atoms with Crippen LogP contribution in [0.2, 0.25) is 0 Å². The van der Waals surface area contributed by atoms with Crippen LogP contribution in [-0.4, -0.2) is 30.6 Å². The Morgan fingerprint density at radius 3 is 3.00 bits per heavy atom. The highest BCUT2D eigenvalue weighted by Gasteiger charge is 2.16. The smallest absolute Gasteiger partial charge is 0.242 e. The number of nitrogens with one attached hydrogen (secondary N) is 1. The Morgan fingerprint density at radius 2 is 2.35 bits per heavy atom. The van der Waals surface area contributed by atoms with Gasteiger partial charge < -0.3 is 15.8 Å². The van der Waals surface area contributed by atoms with E-state index < -0.39 is 11.9 Å². The van der Waals surface area contributed by atoms with Crippen molar-refractivity contribution in [2.24, 2.45) is 5.73 Å². The van der Waals surface area contributed by atoms with E-state index in [4.69, 9.17) is 10.5 Å². The van der Waals surface area contributed by atoms with Gasteiger partial charge in [0.25, 0.3) is 0 Å². The topological polar surface area (TPSA) is 77.2 Å². The molecule has 0 radical (unpaired) electrons. The number of para-hydroxylation sites is 1. The Hall–Kier alpha value is -1.66. The van der Waals surface area contributed by atoms with Gasteiger partial charge in [-0.2, -0.15) is 0 Å². The number of fused-ring (bicyclic) bond motifs is 1. The van der Waals surface area contributed by atoms with Crippen molar-refractivity contribution in [3.63, 3.8) is 0 Å². The van der Waals surface area contributed by atoms with Gasteiger partial charge in [-0.25, -0.2) is 4.98 Å². The number of methoxy groups -OCH3 is 1. The molecule has 90 valence electrons. The fraction of sp³-hybridized carbons (Fsp3) is 0.273. The summed E-state index contributed by atoms with van der Waals surface area (Å²) >= 11 is 1.48. The molecule has 0 aliphatic heterocycles. The zero-order valence-corrected chi connectivity index (χ0v) is 10.2. The molecule has 0 fully saturated rings. The maximum atomic E-state index is 11.2. The molecule has 1 aromatic heterocycles. The van der Waals surface area contributed by atoms with Gasteiger partial charge in [0.15, 0.2) is 5.13 Å². The molecular formula is C11H13N3O2S. The number of primary amides is 1. The van der Waals surface area contributed by atoms with Crippen LogP contribution in [0.5, 0.6) is 0 Å². The number of hydrogen-bond acceptors (Lipinski definition) is 5. The zero-order chi connectivity index (χ0) is 12.3. The van der Waals surface area contributed by atoms with Crippen molar-refractivity contribution in [1.82, 2.24) is 4.98 Å². The van der Waals surface area contributed by atoms with Gasteiger partial charge in [-0.1, -0.05) is 23.5 Å². The Balaban J connectivity index is 2.19. The fourth-order valence-corrected chi connectivity index (χ4v) is 2.36. The van der Waals surface area contributed by atoms with Crippen molar-refractivity contribution in [2.75, 3.05) is 19.0 Å². The lowest BCUT2D eigenvalue weighted by atomic mass is 10.3. The SMILES string of the molecule is COC[C@H](Nc1nc2ccccc2s1)C(N)=O. The molecule has 17 heavy (non-hydrogen) atoms. The van der Waals surface area contributed by atoms with Crippen molar-refractivity contribution in [1.29, 1.82) is 0 Å². The largest absolute Gasteiger partial charge is 0.382 e. The van der Waals surface area contributed by atoms with Gasteiger partial charge in [-0.05, 0) is 12.1 Å². The van der Waals surface area contributed by atoms with E-state index >= 15 is 0 Å². The lowest BCUT2D eigenvalue weighted by molar-refractivity contribution is -0.119. The average molecular weight is 251 g/mol. The van der Waals surface area contributed by atoms with E-state index in [0.29, 0.717) is 5.13 Å². The summed E-state index contributed by atoms with van der Waals surface area (Å²) in [5.41, 5.74) is 6.16. The molecule has 0 spiro atoms. The highest BCUT2D eigenvalue weighted by molar-refractivity contribution is 7.22. The first-order valence-electron chi connectivity index (χ1n) is 5.11. The van der Waals surface area contributed by atoms with Crippen LogP contribution in [0.1, 0.15) is 0 Å². The minimum Gasteiger partial charge on any atom is -0.382 e. The fourth-order valence-electron chi connectivity index (χ4n) is 1.44. The Bertz CT molecular complexity index is 493. The molecule has 0 unspecified atom stereocenters. The number of benzene rings is 1. The van der Waals surface area contributed by atoms with E-state index in [1.54, 1.807) is 0 Å². The second-order valence-electron chi connectivity index (χ2n) is 3.54. The molecule has 1 heterocycles. The Kier molecular flexibility index (Phi) is 3.55. The van der Waals surface area contributed by atoms with Crippen molar-refractivity contribution >= 4 is 32.6 Å². The first kappa shape index (κ1) is 11.8. The van der Waals surface area contributed by atoms with Gasteiger partial charge in [-0.3, -0.25) is 4.79 Å². The number of ether oxygens (including phenoxy) is 1. The first-order chi connectivity index (χ1) is 8.20. The summed E-state index contributed by atoms with van der Waals surface area (Å²) in [7, 11) is 1.52. The van der Waals surface area contributed by atoms with Gasteiger partial charge in [0.05, 0.1) is 16.8 Å². The second-order valence-corrected chi connectivity index (χ2v) is 4.57. The molecule has 0 aliphatic rings. The lowest BCUT2D eigenvalue weighted by Crippen LogP contribution is -2.38. The van der Waals surface area contributed by atoms with Crippen LogP contribution in [0, 0.1) is 0 Å². The van der Waals surface area contributed by atoms with Crippen LogP contribution in [0.15, 0.2) is 24.3 Å². The lowest BCUT2D eigenvalue weighted by Gasteiger charge is -2.12. The van der Waals surface area contributed by atoms with Crippen LogP contribution < -0.4 is 11.1 Å². The predicted octanol–water partition coefficient (Wildman–Crippen LogP) is 1.21. The van der Waals surface area contributed by atoms with E-state index in [1.165, 1.54) is 18.4 Å². The molecule has 5 nitrogen and oxygen atoms in total. The number of carbonyl (C=O) groups excluding carboxylic acids is 1. The van der Waals surface area contributed by atoms with Crippen LogP contribution in [0.3, 0.4) is 0 Å². The minimum atomic E-state index is -0.555. The maximum absolute atomic E-state index is 11.2. The summed E-state index contributed by atoms with van der Waals surface area (Å²) in [6.45, 7) is 0.227. The normalized spacial score (nSPS) is 12.5. The summed E-state index contributed by atoms with van der Waals surface area (Å²) in [5.74, 6) is -0.453. The molecule has 1 aromatic carbocycles. The number of carbonyl (C=O) groups is 1. The molecule has 0 saturated heterocycles. The van der Waals surface area contributed by atoms with Crippen molar-refractivity contribution < 1.29 is 9.53 Å². The molecule has 3 N–H and O–H groups in total. The number of hydrogen-bond donors (Lipinski definition) is 2. The van der Waals surface area contributed by atoms with Gasteiger partial charge in [0, 0.05) is 7.11 Å². The number of nitrogens with zero attached hydrogens (tertiary/aromatic N) is 1. The molecule has 1 amide bonds. The van der Waals surface area contributed by atoms with E-state index in [-0.39, 0.29) is 6.61 Å². The summed E-state index contributed by atoms with van der Waals surface area (Å²) < 4.78 is 5.99. The molecule has 2 rings (SSSR count). The molecule has 0 saturated carbocycles. The summed E-state index contributed by atoms with van der Waals surface area (Å²) in [4.78, 5) is 15.5. The van der Waals surface area contributed by atoms with E-state index in [2.05, 4.69) is 10.3 Å². The minimum absolute atomic E-state index is 0.227. The quantitative estimate of drug-likeness (QED) is 0.837. The zero-order valence-electron chi connectivity index (χ0n) is 9.34. The summed E-state index contributed by atoms with van der Waals surface area (Å²) in [6.07, 6.45) is 0. The Labute approximate surface area is 103 Å². The van der Waals surface area contributed by atoms with E-state index in [0.717, 1.165) is 10.2 Å². The van der Waals surface area contributed by atoms with Crippen LogP contribution in [-0.2, 0) is 9.53 Å². The van der Waals surface area contributed by atoms with E-state index in [1.807, 2.05) is 24.3 Å². The predicted molar refractivity (Wildman–Crippen MR) is 68.1 cm³/mol. The third-order valence-corrected chi connectivity index (χ3v) is 3.24. The highest BCUT2D eigenvalue weighted by Crippen LogP contribution is 2.25. The van der Waals surface area contributed by atoms with E-state index in [9.17, 15) is 4.79 Å². The van der Waals surface area contributed by atoms with Crippen LogP contribution in [0.25, 0.3) is 10.2 Å². The van der Waals surface area contributed by atoms with Gasteiger partial charge in [0.1, 0.15) is 6.04 Å². The number of anilines is 1. The number of rotatable bonds is 5. The second kappa shape index (κ2) is 5.11. The van der Waals surface area contributed by atoms with Crippen LogP contribution in [0.4, 0.5) is 5.13 Å². The first-order valence-corrected chi connectivity index (χ1v) is 5.92. The molecule has 6 heteroatoms. The van der Waals surface area contributed by atoms with Crippen molar-refractivity contribution in [3.8, 4) is 0 Å². The Morgan fingerprint density at radius 1 is 1.59 bits per heavy atom. The summed E-state index contributed by atoms with van der Waals surface area (Å²) in [6, 6.07) is 7.22. The molecular weight excluding hydrogens is 238 g/mol. The van der Waals surface area contributed by atoms with Crippen molar-refractivity contribution in [3.05, 3.63) is 24.3 Å². The number of amides is 1. The average Bonchev–Trinajstić information content (AvgIpc) is 2.70. The third-order valence-electron chi connectivity index (χ3n) is 2.27. The summed E-state index contributed by atoms with van der Waals surface area (Å²) in [5, 5.41) is 3.65. The molecule has 1 atom stereocenters. The van der Waals surface area contributed by atoms with Gasteiger partial charge in [-0.15, -0.1) is 0 Å². The molecule has 0 bridgehead atoms. The maximum Gasteiger partial charge on any atom is 0.242 e. The van der Waals surface area contributed by atoms with Gasteiger partial charge >= 0.3 is 0 Å². The number of aromatic nitrogens is 1. The monoisotopic (exact) mass is 251 g/mol. The van der Waals surface area contributed by atoms with Gasteiger partial charge in [0.2, 0.25) is 5.91 Å². The number of thiazole rings is 1. The molecule has 0 aliphatic carbocycles. The van der Waals surface area contributed by atoms with Crippen molar-refractivity contribution in [2.45, 2.75) is 6.04 Å². The highest BCUT2D eigenvalue weighted by atomic mass is 32.1. The molecule has 2 aromatic rings. The standard InChI is InChI=1S/C11H13N3O2S/c1-16-6-8(10(12)15)14-11-13-7-4-2-3-5-9(7)17-11/h2-5,8H,6H2,1H3,(H2,12,15)(H,13,14)/t8-/m0/s1.